The van der Waals surface area contributed by atoms with Gasteiger partial charge in [0.05, 0.1) is 6.04 Å². The molecule has 0 aromatic carbocycles. The molecule has 1 heterocycles. The van der Waals surface area contributed by atoms with Gasteiger partial charge in [-0.05, 0) is 6.42 Å². The summed E-state index contributed by atoms with van der Waals surface area (Å²) in [4.78, 5) is 11.3. The first-order valence-electron chi connectivity index (χ1n) is 4.36. The molecule has 12 heavy (non-hydrogen) atoms. The maximum absolute atomic E-state index is 11.3. The Morgan fingerprint density at radius 1 is 1.75 bits per heavy atom. The molecule has 1 aliphatic rings. The van der Waals surface area contributed by atoms with E-state index < -0.39 is 0 Å². The highest BCUT2D eigenvalue weighted by molar-refractivity contribution is 8.00. The molecule has 70 valence electrons. The number of amides is 1. The van der Waals surface area contributed by atoms with Crippen LogP contribution in [0.5, 0.6) is 0 Å². The zero-order valence-electron chi connectivity index (χ0n) is 7.59. The molecular weight excluding hydrogens is 172 g/mol. The predicted octanol–water partition coefficient (Wildman–Crippen LogP) is 0.216. The normalized spacial score (nSPS) is 29.8. The van der Waals surface area contributed by atoms with Crippen LogP contribution in [0.25, 0.3) is 0 Å². The molecule has 0 bridgehead atoms. The summed E-state index contributed by atoms with van der Waals surface area (Å²) in [6, 6.07) is 0.0127. The molecular formula is C8H16N2OS. The second-order valence-corrected chi connectivity index (χ2v) is 4.21. The smallest absolute Gasteiger partial charge is 0.238 e. The van der Waals surface area contributed by atoms with Gasteiger partial charge >= 0.3 is 0 Å². The number of carbonyl (C=O) groups excluding carboxylic acids is 1. The molecule has 0 aliphatic carbocycles. The number of hydrogen-bond acceptors (Lipinski definition) is 3. The summed E-state index contributed by atoms with van der Waals surface area (Å²) in [5.74, 6) is 1.24. The Labute approximate surface area is 77.7 Å². The summed E-state index contributed by atoms with van der Waals surface area (Å²) in [5, 5.41) is 6.37. The molecule has 0 aromatic heterocycles. The van der Waals surface area contributed by atoms with E-state index in [0.29, 0.717) is 5.25 Å². The second-order valence-electron chi connectivity index (χ2n) is 2.86. The van der Waals surface area contributed by atoms with Crippen molar-refractivity contribution < 1.29 is 4.79 Å². The van der Waals surface area contributed by atoms with E-state index in [4.69, 9.17) is 0 Å². The molecule has 0 aromatic rings. The third-order valence-electron chi connectivity index (χ3n) is 2.10. The van der Waals surface area contributed by atoms with Crippen molar-refractivity contribution in [2.75, 3.05) is 19.3 Å². The Kier molecular flexibility index (Phi) is 3.88. The van der Waals surface area contributed by atoms with E-state index in [1.54, 1.807) is 7.05 Å². The fraction of sp³-hybridized carbons (Fsp3) is 0.875. The third-order valence-corrected chi connectivity index (χ3v) is 3.57. The van der Waals surface area contributed by atoms with Gasteiger partial charge in [-0.15, -0.1) is 0 Å². The van der Waals surface area contributed by atoms with E-state index in [2.05, 4.69) is 17.6 Å². The van der Waals surface area contributed by atoms with Gasteiger partial charge in [-0.25, -0.2) is 0 Å². The van der Waals surface area contributed by atoms with Crippen LogP contribution in [0.3, 0.4) is 0 Å². The van der Waals surface area contributed by atoms with E-state index in [-0.39, 0.29) is 11.9 Å². The lowest BCUT2D eigenvalue weighted by Gasteiger charge is -2.29. The van der Waals surface area contributed by atoms with Crippen LogP contribution in [0, 0.1) is 0 Å². The first-order chi connectivity index (χ1) is 5.79. The van der Waals surface area contributed by atoms with Crippen molar-refractivity contribution in [1.29, 1.82) is 0 Å². The zero-order valence-corrected chi connectivity index (χ0v) is 8.41. The summed E-state index contributed by atoms with van der Waals surface area (Å²) in [6.45, 7) is 3.07. The van der Waals surface area contributed by atoms with Crippen molar-refractivity contribution in [3.05, 3.63) is 0 Å². The zero-order chi connectivity index (χ0) is 8.97. The molecule has 2 unspecified atom stereocenters. The molecule has 1 fully saturated rings. The van der Waals surface area contributed by atoms with Gasteiger partial charge in [-0.3, -0.25) is 4.79 Å². The number of carbonyl (C=O) groups is 1. The highest BCUT2D eigenvalue weighted by atomic mass is 32.2. The summed E-state index contributed by atoms with van der Waals surface area (Å²) >= 11 is 1.89. The average Bonchev–Trinajstić information content (AvgIpc) is 2.16. The van der Waals surface area contributed by atoms with Gasteiger partial charge in [0, 0.05) is 24.6 Å². The summed E-state index contributed by atoms with van der Waals surface area (Å²) in [6.07, 6.45) is 1.05. The van der Waals surface area contributed by atoms with E-state index in [0.717, 1.165) is 18.7 Å². The molecule has 0 spiro atoms. The van der Waals surface area contributed by atoms with Crippen molar-refractivity contribution in [2.24, 2.45) is 0 Å². The van der Waals surface area contributed by atoms with Gasteiger partial charge in [0.1, 0.15) is 0 Å². The van der Waals surface area contributed by atoms with E-state index in [9.17, 15) is 4.79 Å². The average molecular weight is 188 g/mol. The quantitative estimate of drug-likeness (QED) is 0.651. The van der Waals surface area contributed by atoms with Crippen molar-refractivity contribution in [2.45, 2.75) is 24.6 Å². The van der Waals surface area contributed by atoms with Crippen LogP contribution < -0.4 is 10.6 Å². The lowest BCUT2D eigenvalue weighted by molar-refractivity contribution is -0.122. The largest absolute Gasteiger partial charge is 0.358 e. The molecule has 2 N–H and O–H groups in total. The predicted molar refractivity (Wildman–Crippen MR) is 52.4 cm³/mol. The van der Waals surface area contributed by atoms with Gasteiger partial charge in [0.25, 0.3) is 0 Å². The van der Waals surface area contributed by atoms with Crippen LogP contribution >= 0.6 is 11.8 Å². The molecule has 3 nitrogen and oxygen atoms in total. The Morgan fingerprint density at radius 2 is 2.50 bits per heavy atom. The molecule has 0 saturated carbocycles. The Bertz CT molecular complexity index is 163. The van der Waals surface area contributed by atoms with Crippen molar-refractivity contribution in [1.82, 2.24) is 10.6 Å². The van der Waals surface area contributed by atoms with Gasteiger partial charge in [0.2, 0.25) is 5.91 Å². The fourth-order valence-corrected chi connectivity index (χ4v) is 2.61. The second kappa shape index (κ2) is 4.72. The Balaban J connectivity index is 2.52. The molecule has 1 rings (SSSR count). The minimum absolute atomic E-state index is 0.0127. The summed E-state index contributed by atoms with van der Waals surface area (Å²) in [7, 11) is 1.69. The van der Waals surface area contributed by atoms with Crippen molar-refractivity contribution in [3.8, 4) is 0 Å². The summed E-state index contributed by atoms with van der Waals surface area (Å²) < 4.78 is 0. The van der Waals surface area contributed by atoms with E-state index in [1.807, 2.05) is 11.8 Å². The number of hydrogen-bond donors (Lipinski definition) is 2. The van der Waals surface area contributed by atoms with Gasteiger partial charge in [0.15, 0.2) is 0 Å². The van der Waals surface area contributed by atoms with Crippen LogP contribution in [0.4, 0.5) is 0 Å². The number of likely N-dealkylation sites (N-methyl/N-ethyl adjacent to an activating group) is 1. The SMILES string of the molecule is CCC1SCCNC1C(=O)NC. The fourth-order valence-electron chi connectivity index (χ4n) is 1.42. The first kappa shape index (κ1) is 9.86. The standard InChI is InChI=1S/C8H16N2OS/c1-3-6-7(8(11)9-2)10-4-5-12-6/h6-7,10H,3-5H2,1-2H3,(H,9,11). The van der Waals surface area contributed by atoms with Crippen LogP contribution in [-0.2, 0) is 4.79 Å². The lowest BCUT2D eigenvalue weighted by Crippen LogP contribution is -2.52. The molecule has 1 aliphatic heterocycles. The Hall–Kier alpha value is -0.220. The van der Waals surface area contributed by atoms with Crippen LogP contribution in [0.1, 0.15) is 13.3 Å². The topological polar surface area (TPSA) is 41.1 Å². The summed E-state index contributed by atoms with van der Waals surface area (Å²) in [5.41, 5.74) is 0. The molecule has 2 atom stereocenters. The van der Waals surface area contributed by atoms with E-state index in [1.165, 1.54) is 0 Å². The number of thioether (sulfide) groups is 1. The maximum atomic E-state index is 11.3. The van der Waals surface area contributed by atoms with Crippen LogP contribution in [0.15, 0.2) is 0 Å². The molecule has 1 amide bonds. The molecule has 4 heteroatoms. The highest BCUT2D eigenvalue weighted by Crippen LogP contribution is 2.21. The maximum Gasteiger partial charge on any atom is 0.238 e. The van der Waals surface area contributed by atoms with Gasteiger partial charge in [-0.1, -0.05) is 6.92 Å². The Morgan fingerprint density at radius 3 is 3.08 bits per heavy atom. The van der Waals surface area contributed by atoms with Gasteiger partial charge in [-0.2, -0.15) is 11.8 Å². The highest BCUT2D eigenvalue weighted by Gasteiger charge is 2.28. The number of rotatable bonds is 2. The molecule has 1 saturated heterocycles. The minimum atomic E-state index is 0.0127. The van der Waals surface area contributed by atoms with Crippen LogP contribution in [-0.4, -0.2) is 36.5 Å². The van der Waals surface area contributed by atoms with Crippen molar-refractivity contribution in [3.63, 3.8) is 0 Å². The monoisotopic (exact) mass is 188 g/mol. The van der Waals surface area contributed by atoms with E-state index >= 15 is 0 Å². The van der Waals surface area contributed by atoms with Crippen LogP contribution in [0.2, 0.25) is 0 Å². The lowest BCUT2D eigenvalue weighted by atomic mass is 10.1. The number of nitrogens with one attached hydrogen (secondary N) is 2. The third kappa shape index (κ3) is 2.14. The first-order valence-corrected chi connectivity index (χ1v) is 5.41. The molecule has 0 radical (unpaired) electrons. The van der Waals surface area contributed by atoms with Crippen molar-refractivity contribution >= 4 is 17.7 Å². The van der Waals surface area contributed by atoms with Gasteiger partial charge < -0.3 is 10.6 Å². The minimum Gasteiger partial charge on any atom is -0.358 e.